The summed E-state index contributed by atoms with van der Waals surface area (Å²) in [4.78, 5) is 4.34. The van der Waals surface area contributed by atoms with Crippen LogP contribution in [-0.4, -0.2) is 43.1 Å². The van der Waals surface area contributed by atoms with E-state index in [4.69, 9.17) is 0 Å². The summed E-state index contributed by atoms with van der Waals surface area (Å²) >= 11 is 0. The lowest BCUT2D eigenvalue weighted by Crippen LogP contribution is -2.41. The molecule has 1 saturated heterocycles. The van der Waals surface area contributed by atoms with Crippen molar-refractivity contribution in [1.29, 1.82) is 0 Å². The van der Waals surface area contributed by atoms with Crippen molar-refractivity contribution in [3.8, 4) is 0 Å². The average molecular weight is 297 g/mol. The van der Waals surface area contributed by atoms with Gasteiger partial charge in [0, 0.05) is 25.3 Å². The fourth-order valence-electron chi connectivity index (χ4n) is 2.43. The Hall–Kier alpha value is -1.14. The van der Waals surface area contributed by atoms with Gasteiger partial charge in [0.2, 0.25) is 10.0 Å². The Labute approximate surface area is 121 Å². The van der Waals surface area contributed by atoms with Gasteiger partial charge in [-0.1, -0.05) is 13.8 Å². The van der Waals surface area contributed by atoms with Crippen LogP contribution >= 0.6 is 0 Å². The van der Waals surface area contributed by atoms with E-state index in [1.807, 2.05) is 12.3 Å². The van der Waals surface area contributed by atoms with E-state index in [0.717, 1.165) is 18.7 Å². The van der Waals surface area contributed by atoms with Crippen molar-refractivity contribution in [1.82, 2.24) is 9.29 Å². The van der Waals surface area contributed by atoms with Gasteiger partial charge in [0.05, 0.1) is 6.26 Å². The minimum Gasteiger partial charge on any atom is -0.367 e. The van der Waals surface area contributed by atoms with Crippen LogP contribution in [0.15, 0.2) is 18.3 Å². The summed E-state index contributed by atoms with van der Waals surface area (Å²) < 4.78 is 24.5. The molecule has 6 heteroatoms. The Morgan fingerprint density at radius 1 is 1.35 bits per heavy atom. The topological polar surface area (TPSA) is 62.3 Å². The molecule has 2 rings (SSSR count). The Morgan fingerprint density at radius 2 is 2.00 bits per heavy atom. The standard InChI is InChI=1S/C14H23N3O2S/c1-11(2)12-4-7-15-14(10-12)16-13-5-8-17(9-6-13)20(3,18)19/h4,7,10-11,13H,5-6,8-9H2,1-3H3,(H,15,16). The van der Waals surface area contributed by atoms with Gasteiger partial charge in [0.25, 0.3) is 0 Å². The van der Waals surface area contributed by atoms with Gasteiger partial charge in [-0.2, -0.15) is 0 Å². The van der Waals surface area contributed by atoms with E-state index in [1.54, 1.807) is 4.31 Å². The van der Waals surface area contributed by atoms with E-state index >= 15 is 0 Å². The van der Waals surface area contributed by atoms with E-state index in [0.29, 0.717) is 25.0 Å². The number of rotatable bonds is 4. The second-order valence-electron chi connectivity index (χ2n) is 5.71. The summed E-state index contributed by atoms with van der Waals surface area (Å²) in [5.41, 5.74) is 1.26. The number of anilines is 1. The first kappa shape index (κ1) is 15.3. The molecule has 0 saturated carbocycles. The highest BCUT2D eigenvalue weighted by molar-refractivity contribution is 7.88. The highest BCUT2D eigenvalue weighted by Gasteiger charge is 2.24. The fourth-order valence-corrected chi connectivity index (χ4v) is 3.30. The smallest absolute Gasteiger partial charge is 0.211 e. The first-order valence-corrected chi connectivity index (χ1v) is 8.88. The molecule has 1 aromatic rings. The quantitative estimate of drug-likeness (QED) is 0.924. The van der Waals surface area contributed by atoms with Crippen molar-refractivity contribution < 1.29 is 8.42 Å². The molecule has 20 heavy (non-hydrogen) atoms. The van der Waals surface area contributed by atoms with Crippen LogP contribution < -0.4 is 5.32 Å². The maximum absolute atomic E-state index is 11.5. The van der Waals surface area contributed by atoms with Gasteiger partial charge in [-0.05, 0) is 36.5 Å². The van der Waals surface area contributed by atoms with Crippen molar-refractivity contribution >= 4 is 15.8 Å². The molecule has 0 atom stereocenters. The second kappa shape index (κ2) is 6.10. The monoisotopic (exact) mass is 297 g/mol. The molecule has 1 aliphatic rings. The van der Waals surface area contributed by atoms with Gasteiger partial charge in [0.15, 0.2) is 0 Å². The molecule has 1 aliphatic heterocycles. The summed E-state index contributed by atoms with van der Waals surface area (Å²) in [6.45, 7) is 5.48. The lowest BCUT2D eigenvalue weighted by molar-refractivity contribution is 0.331. The normalized spacial score (nSPS) is 18.4. The van der Waals surface area contributed by atoms with Gasteiger partial charge < -0.3 is 5.32 Å². The third-order valence-corrected chi connectivity index (χ3v) is 5.03. The Kier molecular flexibility index (Phi) is 4.65. The summed E-state index contributed by atoms with van der Waals surface area (Å²) in [5.74, 6) is 1.36. The fraction of sp³-hybridized carbons (Fsp3) is 0.643. The second-order valence-corrected chi connectivity index (χ2v) is 7.69. The van der Waals surface area contributed by atoms with Crippen molar-refractivity contribution in [2.75, 3.05) is 24.7 Å². The molecule has 2 heterocycles. The summed E-state index contributed by atoms with van der Waals surface area (Å²) in [5, 5.41) is 3.42. The minimum absolute atomic E-state index is 0.294. The van der Waals surface area contributed by atoms with E-state index in [-0.39, 0.29) is 0 Å². The maximum atomic E-state index is 11.5. The van der Waals surface area contributed by atoms with Crippen LogP contribution in [0.4, 0.5) is 5.82 Å². The minimum atomic E-state index is -3.05. The number of nitrogens with one attached hydrogen (secondary N) is 1. The van der Waals surface area contributed by atoms with Crippen LogP contribution in [0.1, 0.15) is 38.2 Å². The van der Waals surface area contributed by atoms with Crippen molar-refractivity contribution in [3.05, 3.63) is 23.9 Å². The number of aromatic nitrogens is 1. The lowest BCUT2D eigenvalue weighted by Gasteiger charge is -2.31. The van der Waals surface area contributed by atoms with Gasteiger partial charge in [-0.15, -0.1) is 0 Å². The maximum Gasteiger partial charge on any atom is 0.211 e. The molecule has 0 bridgehead atoms. The van der Waals surface area contributed by atoms with Gasteiger partial charge in [0.1, 0.15) is 5.82 Å². The van der Waals surface area contributed by atoms with E-state index < -0.39 is 10.0 Å². The molecule has 1 N–H and O–H groups in total. The Morgan fingerprint density at radius 3 is 2.55 bits per heavy atom. The number of pyridine rings is 1. The zero-order chi connectivity index (χ0) is 14.8. The molecule has 112 valence electrons. The highest BCUT2D eigenvalue weighted by Crippen LogP contribution is 2.20. The SMILES string of the molecule is CC(C)c1ccnc(NC2CCN(S(C)(=O)=O)CC2)c1. The molecule has 0 spiro atoms. The summed E-state index contributed by atoms with van der Waals surface area (Å²) in [6, 6.07) is 4.40. The van der Waals surface area contributed by atoms with Crippen molar-refractivity contribution in [3.63, 3.8) is 0 Å². The van der Waals surface area contributed by atoms with Gasteiger partial charge in [-0.3, -0.25) is 0 Å². The first-order chi connectivity index (χ1) is 9.36. The summed E-state index contributed by atoms with van der Waals surface area (Å²) in [7, 11) is -3.05. The van der Waals surface area contributed by atoms with Crippen LogP contribution in [0.3, 0.4) is 0 Å². The zero-order valence-corrected chi connectivity index (χ0v) is 13.2. The van der Waals surface area contributed by atoms with Gasteiger partial charge >= 0.3 is 0 Å². The number of piperidine rings is 1. The molecule has 0 aromatic carbocycles. The first-order valence-electron chi connectivity index (χ1n) is 7.04. The van der Waals surface area contributed by atoms with Crippen LogP contribution in [0.5, 0.6) is 0 Å². The van der Waals surface area contributed by atoms with Crippen LogP contribution in [0.25, 0.3) is 0 Å². The van der Waals surface area contributed by atoms with Crippen LogP contribution in [0, 0.1) is 0 Å². The number of sulfonamides is 1. The Balaban J connectivity index is 1.94. The molecule has 5 nitrogen and oxygen atoms in total. The molecular weight excluding hydrogens is 274 g/mol. The molecule has 0 unspecified atom stereocenters. The number of nitrogens with zero attached hydrogens (tertiary/aromatic N) is 2. The third-order valence-electron chi connectivity index (χ3n) is 3.73. The van der Waals surface area contributed by atoms with Crippen LogP contribution in [0.2, 0.25) is 0 Å². The van der Waals surface area contributed by atoms with Crippen LogP contribution in [-0.2, 0) is 10.0 Å². The third kappa shape index (κ3) is 3.93. The van der Waals surface area contributed by atoms with E-state index in [1.165, 1.54) is 11.8 Å². The molecular formula is C14H23N3O2S. The largest absolute Gasteiger partial charge is 0.367 e. The van der Waals surface area contributed by atoms with Gasteiger partial charge in [-0.25, -0.2) is 17.7 Å². The van der Waals surface area contributed by atoms with E-state index in [2.05, 4.69) is 30.2 Å². The van der Waals surface area contributed by atoms with Crippen molar-refractivity contribution in [2.24, 2.45) is 0 Å². The molecule has 0 radical (unpaired) electrons. The highest BCUT2D eigenvalue weighted by atomic mass is 32.2. The molecule has 1 aromatic heterocycles. The molecule has 0 aliphatic carbocycles. The molecule has 1 fully saturated rings. The molecule has 0 amide bonds. The lowest BCUT2D eigenvalue weighted by atomic mass is 10.0. The average Bonchev–Trinajstić information content (AvgIpc) is 2.38. The predicted molar refractivity (Wildman–Crippen MR) is 81.4 cm³/mol. The Bertz CT molecular complexity index is 549. The summed E-state index contributed by atoms with van der Waals surface area (Å²) in [6.07, 6.45) is 4.74. The van der Waals surface area contributed by atoms with E-state index in [9.17, 15) is 8.42 Å². The zero-order valence-electron chi connectivity index (χ0n) is 12.3. The number of hydrogen-bond donors (Lipinski definition) is 1. The predicted octanol–water partition coefficient (Wildman–Crippen LogP) is 2.04. The van der Waals surface area contributed by atoms with Crippen molar-refractivity contribution in [2.45, 2.75) is 38.6 Å². The number of hydrogen-bond acceptors (Lipinski definition) is 4.